The number of ether oxygens (including phenoxy) is 1. The third-order valence-corrected chi connectivity index (χ3v) is 5.19. The predicted molar refractivity (Wildman–Crippen MR) is 105 cm³/mol. The fourth-order valence-corrected chi connectivity index (χ4v) is 3.84. The van der Waals surface area contributed by atoms with E-state index in [9.17, 15) is 9.59 Å². The molecule has 6 nitrogen and oxygen atoms in total. The Balaban J connectivity index is 1.72. The van der Waals surface area contributed by atoms with Gasteiger partial charge in [0, 0.05) is 16.5 Å². The van der Waals surface area contributed by atoms with Gasteiger partial charge in [-0.1, -0.05) is 30.3 Å². The number of rotatable bonds is 4. The second-order valence-electron chi connectivity index (χ2n) is 6.24. The number of nitrogens with two attached hydrogens (primary N) is 1. The first-order valence-electron chi connectivity index (χ1n) is 8.44. The minimum Gasteiger partial charge on any atom is -0.479 e. The lowest BCUT2D eigenvalue weighted by Gasteiger charge is -2.32. The van der Waals surface area contributed by atoms with Gasteiger partial charge in [-0.05, 0) is 25.1 Å². The Kier molecular flexibility index (Phi) is 4.37. The van der Waals surface area contributed by atoms with Crippen molar-refractivity contribution >= 4 is 28.8 Å². The van der Waals surface area contributed by atoms with Crippen LogP contribution in [0.25, 0.3) is 21.8 Å². The Bertz CT molecular complexity index is 1020. The number of primary amides is 1. The molecule has 0 bridgehead atoms. The Hall–Kier alpha value is -3.19. The summed E-state index contributed by atoms with van der Waals surface area (Å²) in [6.45, 7) is 1.47. The molecule has 4 rings (SSSR count). The molecule has 136 valence electrons. The Morgan fingerprint density at radius 2 is 2.00 bits per heavy atom. The van der Waals surface area contributed by atoms with Crippen LogP contribution in [0.2, 0.25) is 0 Å². The van der Waals surface area contributed by atoms with Crippen LogP contribution in [0.3, 0.4) is 0 Å². The number of aromatic nitrogens is 1. The molecule has 0 saturated carbocycles. The molecule has 1 aromatic heterocycles. The van der Waals surface area contributed by atoms with Crippen LogP contribution in [0.15, 0.2) is 53.9 Å². The minimum absolute atomic E-state index is 0.185. The van der Waals surface area contributed by atoms with Crippen LogP contribution in [-0.2, 0) is 9.59 Å². The van der Waals surface area contributed by atoms with Crippen LogP contribution in [0.5, 0.6) is 5.75 Å². The van der Waals surface area contributed by atoms with Gasteiger partial charge in [-0.15, -0.1) is 11.3 Å². The summed E-state index contributed by atoms with van der Waals surface area (Å²) >= 11 is 1.55. The lowest BCUT2D eigenvalue weighted by atomic mass is 10.1. The van der Waals surface area contributed by atoms with E-state index in [0.29, 0.717) is 11.4 Å². The van der Waals surface area contributed by atoms with E-state index >= 15 is 0 Å². The van der Waals surface area contributed by atoms with Crippen molar-refractivity contribution in [2.24, 2.45) is 5.73 Å². The van der Waals surface area contributed by atoms with Crippen molar-refractivity contribution in [1.82, 2.24) is 4.98 Å². The molecule has 2 heterocycles. The van der Waals surface area contributed by atoms with Crippen molar-refractivity contribution < 1.29 is 14.3 Å². The zero-order chi connectivity index (χ0) is 19.0. The summed E-state index contributed by atoms with van der Waals surface area (Å²) in [4.78, 5) is 29.9. The number of carbonyl (C=O) groups excluding carboxylic acids is 2. The molecule has 3 aromatic rings. The number of nitrogens with zero attached hydrogens (tertiary/aromatic N) is 2. The number of anilines is 1. The van der Waals surface area contributed by atoms with Crippen LogP contribution in [0.4, 0.5) is 5.69 Å². The Labute approximate surface area is 160 Å². The second kappa shape index (κ2) is 6.85. The maximum atomic E-state index is 12.4. The first-order chi connectivity index (χ1) is 13.0. The molecule has 0 aliphatic carbocycles. The first kappa shape index (κ1) is 17.2. The Morgan fingerprint density at radius 3 is 2.74 bits per heavy atom. The van der Waals surface area contributed by atoms with E-state index < -0.39 is 12.0 Å². The topological polar surface area (TPSA) is 85.5 Å². The number of thiazole rings is 1. The summed E-state index contributed by atoms with van der Waals surface area (Å²) < 4.78 is 5.66. The van der Waals surface area contributed by atoms with Gasteiger partial charge in [0.25, 0.3) is 5.91 Å². The number of hydrogen-bond donors (Lipinski definition) is 1. The Morgan fingerprint density at radius 1 is 1.22 bits per heavy atom. The van der Waals surface area contributed by atoms with Gasteiger partial charge in [-0.25, -0.2) is 4.98 Å². The van der Waals surface area contributed by atoms with E-state index in [1.807, 2.05) is 47.8 Å². The highest BCUT2D eigenvalue weighted by atomic mass is 32.1. The fraction of sp³-hybridized carbons (Fsp3) is 0.150. The summed E-state index contributed by atoms with van der Waals surface area (Å²) in [5.41, 5.74) is 8.54. The van der Waals surface area contributed by atoms with Crippen LogP contribution >= 0.6 is 11.3 Å². The zero-order valence-electron chi connectivity index (χ0n) is 14.6. The average Bonchev–Trinajstić information content (AvgIpc) is 3.16. The molecule has 0 saturated heterocycles. The van der Waals surface area contributed by atoms with Crippen molar-refractivity contribution in [2.45, 2.75) is 13.0 Å². The zero-order valence-corrected chi connectivity index (χ0v) is 15.4. The predicted octanol–water partition coefficient (Wildman–Crippen LogP) is 3.08. The normalized spacial score (nSPS) is 16.0. The van der Waals surface area contributed by atoms with E-state index in [0.717, 1.165) is 21.8 Å². The fourth-order valence-electron chi connectivity index (χ4n) is 3.00. The minimum atomic E-state index is -0.661. The maximum absolute atomic E-state index is 12.4. The third kappa shape index (κ3) is 3.29. The molecular formula is C20H17N3O3S. The molecule has 1 aliphatic rings. The van der Waals surface area contributed by atoms with Crippen LogP contribution in [0, 0.1) is 0 Å². The summed E-state index contributed by atoms with van der Waals surface area (Å²) in [7, 11) is 0. The lowest BCUT2D eigenvalue weighted by molar-refractivity contribution is -0.127. The highest BCUT2D eigenvalue weighted by Crippen LogP contribution is 2.38. The number of hydrogen-bond acceptors (Lipinski definition) is 5. The highest BCUT2D eigenvalue weighted by Gasteiger charge is 2.32. The molecule has 2 aromatic carbocycles. The van der Waals surface area contributed by atoms with E-state index in [4.69, 9.17) is 15.5 Å². The highest BCUT2D eigenvalue weighted by molar-refractivity contribution is 7.13. The summed E-state index contributed by atoms with van der Waals surface area (Å²) in [6.07, 6.45) is -0.661. The molecule has 1 unspecified atom stereocenters. The second-order valence-corrected chi connectivity index (χ2v) is 7.10. The molecule has 0 radical (unpaired) electrons. The van der Waals surface area contributed by atoms with E-state index in [1.165, 1.54) is 4.90 Å². The van der Waals surface area contributed by atoms with Crippen molar-refractivity contribution in [1.29, 1.82) is 0 Å². The molecule has 7 heteroatoms. The van der Waals surface area contributed by atoms with Gasteiger partial charge < -0.3 is 10.5 Å². The van der Waals surface area contributed by atoms with Crippen LogP contribution in [0.1, 0.15) is 6.92 Å². The number of amides is 2. The average molecular weight is 379 g/mol. The monoisotopic (exact) mass is 379 g/mol. The number of fused-ring (bicyclic) bond motifs is 1. The lowest BCUT2D eigenvalue weighted by Crippen LogP contribution is -2.47. The third-order valence-electron chi connectivity index (χ3n) is 4.30. The molecule has 2 N–H and O–H groups in total. The molecule has 27 heavy (non-hydrogen) atoms. The van der Waals surface area contributed by atoms with Crippen molar-refractivity contribution in [3.8, 4) is 27.6 Å². The first-order valence-corrected chi connectivity index (χ1v) is 9.32. The van der Waals surface area contributed by atoms with Crippen molar-refractivity contribution in [2.75, 3.05) is 11.4 Å². The molecule has 0 fully saturated rings. The SMILES string of the molecule is CC1Oc2ccc(-c3csc(-c4ccccc4)n3)cc2N(CC(N)=O)C1=O. The molecule has 1 aliphatic heterocycles. The maximum Gasteiger partial charge on any atom is 0.268 e. The van der Waals surface area contributed by atoms with Crippen molar-refractivity contribution in [3.05, 3.63) is 53.9 Å². The standard InChI is InChI=1S/C20H17N3O3S/c1-12-20(25)23(10-18(21)24)16-9-14(7-8-17(16)26-12)15-11-27-19(22-15)13-5-3-2-4-6-13/h2-9,11-12H,10H2,1H3,(H2,21,24). The summed E-state index contributed by atoms with van der Waals surface area (Å²) in [6, 6.07) is 15.4. The quantitative estimate of drug-likeness (QED) is 0.755. The summed E-state index contributed by atoms with van der Waals surface area (Å²) in [5, 5.41) is 2.88. The van der Waals surface area contributed by atoms with Gasteiger partial charge in [0.1, 0.15) is 17.3 Å². The van der Waals surface area contributed by atoms with E-state index in [-0.39, 0.29) is 12.5 Å². The van der Waals surface area contributed by atoms with Gasteiger partial charge in [0.05, 0.1) is 11.4 Å². The molecule has 1 atom stereocenters. The van der Waals surface area contributed by atoms with Gasteiger partial charge in [0.15, 0.2) is 6.10 Å². The number of benzene rings is 2. The van der Waals surface area contributed by atoms with E-state index in [1.54, 1.807) is 24.3 Å². The number of carbonyl (C=O) groups is 2. The van der Waals surface area contributed by atoms with Crippen LogP contribution in [-0.4, -0.2) is 29.4 Å². The molecular weight excluding hydrogens is 362 g/mol. The van der Waals surface area contributed by atoms with Crippen LogP contribution < -0.4 is 15.4 Å². The van der Waals surface area contributed by atoms with Gasteiger partial charge >= 0.3 is 0 Å². The smallest absolute Gasteiger partial charge is 0.268 e. The molecule has 0 spiro atoms. The summed E-state index contributed by atoms with van der Waals surface area (Å²) in [5.74, 6) is -0.318. The van der Waals surface area contributed by atoms with Gasteiger partial charge in [0.2, 0.25) is 5.91 Å². The van der Waals surface area contributed by atoms with E-state index in [2.05, 4.69) is 0 Å². The largest absolute Gasteiger partial charge is 0.479 e. The van der Waals surface area contributed by atoms with Crippen molar-refractivity contribution in [3.63, 3.8) is 0 Å². The van der Waals surface area contributed by atoms with Gasteiger partial charge in [-0.2, -0.15) is 0 Å². The molecule has 2 amide bonds. The van der Waals surface area contributed by atoms with Gasteiger partial charge in [-0.3, -0.25) is 14.5 Å².